The number of aromatic nitrogens is 4. The molecule has 0 unspecified atom stereocenters. The van der Waals surface area contributed by atoms with Crippen molar-refractivity contribution < 1.29 is 9.59 Å². The van der Waals surface area contributed by atoms with Crippen LogP contribution in [0, 0.1) is 51.4 Å². The molecule has 2 aromatic rings. The van der Waals surface area contributed by atoms with Gasteiger partial charge in [0.25, 0.3) is 11.8 Å². The lowest BCUT2D eigenvalue weighted by atomic mass is 9.81. The van der Waals surface area contributed by atoms with Crippen molar-refractivity contribution in [2.75, 3.05) is 0 Å². The summed E-state index contributed by atoms with van der Waals surface area (Å²) in [5.74, 6) is -0.696. The van der Waals surface area contributed by atoms with Gasteiger partial charge in [-0.2, -0.15) is 10.2 Å². The van der Waals surface area contributed by atoms with Gasteiger partial charge < -0.3 is 0 Å². The molecule has 2 bridgehead atoms. The smallest absolute Gasteiger partial charge is 0.251 e. The second-order valence-corrected chi connectivity index (χ2v) is 7.35. The van der Waals surface area contributed by atoms with Crippen LogP contribution in [-0.4, -0.2) is 31.4 Å². The maximum absolute atomic E-state index is 13.2. The summed E-state index contributed by atoms with van der Waals surface area (Å²) in [6.07, 6.45) is 5.03. The Balaban J connectivity index is 1.72. The van der Waals surface area contributed by atoms with Crippen molar-refractivity contribution in [3.8, 4) is 0 Å². The minimum absolute atomic E-state index is 0.0812. The van der Waals surface area contributed by atoms with Gasteiger partial charge in [0.1, 0.15) is 0 Å². The van der Waals surface area contributed by atoms with E-state index in [0.29, 0.717) is 0 Å². The van der Waals surface area contributed by atoms with E-state index in [2.05, 4.69) is 22.3 Å². The third kappa shape index (κ3) is 2.39. The number of allylic oxidation sites excluding steroid dienone is 2. The van der Waals surface area contributed by atoms with Crippen molar-refractivity contribution in [1.82, 2.24) is 19.6 Å². The average Bonchev–Trinajstić information content (AvgIpc) is 3.29. The zero-order valence-electron chi connectivity index (χ0n) is 14.9. The Labute approximate surface area is 146 Å². The fourth-order valence-corrected chi connectivity index (χ4v) is 4.48. The fourth-order valence-electron chi connectivity index (χ4n) is 4.48. The predicted octanol–water partition coefficient (Wildman–Crippen LogP) is 2.73. The van der Waals surface area contributed by atoms with E-state index in [4.69, 9.17) is 0 Å². The molecule has 0 spiro atoms. The molecule has 0 amide bonds. The summed E-state index contributed by atoms with van der Waals surface area (Å²) >= 11 is 0. The number of hydrogen-bond acceptors (Lipinski definition) is 4. The molecule has 6 nitrogen and oxygen atoms in total. The zero-order valence-corrected chi connectivity index (χ0v) is 14.9. The molecule has 1 fully saturated rings. The van der Waals surface area contributed by atoms with Crippen molar-refractivity contribution >= 4 is 11.8 Å². The van der Waals surface area contributed by atoms with Gasteiger partial charge in [0.15, 0.2) is 0 Å². The Morgan fingerprint density at radius 2 is 1.24 bits per heavy atom. The molecule has 0 aliphatic heterocycles. The first-order valence-electron chi connectivity index (χ1n) is 8.70. The zero-order chi connectivity index (χ0) is 17.9. The topological polar surface area (TPSA) is 69.8 Å². The van der Waals surface area contributed by atoms with Crippen LogP contribution in [0.3, 0.4) is 0 Å². The molecule has 25 heavy (non-hydrogen) atoms. The Morgan fingerprint density at radius 3 is 1.56 bits per heavy atom. The fraction of sp³-hybridized carbons (Fsp3) is 0.474. The predicted molar refractivity (Wildman–Crippen MR) is 92.4 cm³/mol. The average molecular weight is 338 g/mol. The molecule has 2 aliphatic rings. The van der Waals surface area contributed by atoms with Gasteiger partial charge in [0.2, 0.25) is 0 Å². The van der Waals surface area contributed by atoms with E-state index in [1.807, 2.05) is 39.8 Å². The van der Waals surface area contributed by atoms with Crippen LogP contribution >= 0.6 is 0 Å². The van der Waals surface area contributed by atoms with Crippen molar-refractivity contribution in [1.29, 1.82) is 0 Å². The minimum atomic E-state index is -0.371. The first-order chi connectivity index (χ1) is 11.9. The second kappa shape index (κ2) is 5.51. The number of rotatable bonds is 2. The maximum Gasteiger partial charge on any atom is 0.251 e. The van der Waals surface area contributed by atoms with Crippen molar-refractivity contribution in [2.24, 2.45) is 23.7 Å². The Morgan fingerprint density at radius 1 is 0.840 bits per heavy atom. The summed E-state index contributed by atoms with van der Waals surface area (Å²) in [5, 5.41) is 8.67. The van der Waals surface area contributed by atoms with Crippen molar-refractivity contribution in [2.45, 2.75) is 34.1 Å². The molecule has 0 aromatic carbocycles. The molecule has 0 radical (unpaired) electrons. The van der Waals surface area contributed by atoms with Gasteiger partial charge >= 0.3 is 0 Å². The van der Waals surface area contributed by atoms with Gasteiger partial charge in [-0.1, -0.05) is 12.2 Å². The van der Waals surface area contributed by atoms with Crippen LogP contribution in [0.5, 0.6) is 0 Å². The van der Waals surface area contributed by atoms with E-state index >= 15 is 0 Å². The summed E-state index contributed by atoms with van der Waals surface area (Å²) in [4.78, 5) is 26.4. The maximum atomic E-state index is 13.2. The lowest BCUT2D eigenvalue weighted by Crippen LogP contribution is -2.39. The van der Waals surface area contributed by atoms with Crippen LogP contribution in [0.4, 0.5) is 0 Å². The van der Waals surface area contributed by atoms with E-state index in [9.17, 15) is 9.59 Å². The van der Waals surface area contributed by atoms with Crippen LogP contribution in [0.2, 0.25) is 0 Å². The Bertz CT molecular complexity index is 832. The lowest BCUT2D eigenvalue weighted by molar-refractivity contribution is 0.0628. The van der Waals surface area contributed by atoms with Crippen LogP contribution < -0.4 is 0 Å². The van der Waals surface area contributed by atoms with E-state index in [1.54, 1.807) is 0 Å². The van der Waals surface area contributed by atoms with Crippen LogP contribution in [0.25, 0.3) is 0 Å². The Hall–Kier alpha value is -2.50. The monoisotopic (exact) mass is 338 g/mol. The molecule has 0 N–H and O–H groups in total. The van der Waals surface area contributed by atoms with Gasteiger partial charge in [-0.3, -0.25) is 9.59 Å². The first kappa shape index (κ1) is 16.0. The van der Waals surface area contributed by atoms with E-state index < -0.39 is 0 Å². The first-order valence-corrected chi connectivity index (χ1v) is 8.70. The van der Waals surface area contributed by atoms with Crippen LogP contribution in [0.15, 0.2) is 24.3 Å². The molecule has 4 rings (SSSR count). The third-order valence-electron chi connectivity index (χ3n) is 5.47. The highest BCUT2D eigenvalue weighted by Gasteiger charge is 2.52. The largest absolute Gasteiger partial charge is 0.272 e. The number of fused-ring (bicyclic) bond motifs is 2. The summed E-state index contributed by atoms with van der Waals surface area (Å²) in [5.41, 5.74) is 3.25. The summed E-state index contributed by atoms with van der Waals surface area (Å²) < 4.78 is 2.94. The summed E-state index contributed by atoms with van der Waals surface area (Å²) in [6, 6.07) is 3.78. The van der Waals surface area contributed by atoms with E-state index in [1.165, 1.54) is 9.36 Å². The number of hydrogen-bond donors (Lipinski definition) is 0. The molecule has 2 aromatic heterocycles. The molecule has 0 saturated heterocycles. The highest BCUT2D eigenvalue weighted by molar-refractivity contribution is 5.91. The van der Waals surface area contributed by atoms with Gasteiger partial charge in [-0.25, -0.2) is 9.36 Å². The lowest BCUT2D eigenvalue weighted by Gasteiger charge is -2.26. The van der Waals surface area contributed by atoms with Gasteiger partial charge in [-0.05, 0) is 58.1 Å². The van der Waals surface area contributed by atoms with E-state index in [0.717, 1.165) is 29.2 Å². The number of carbonyl (C=O) groups is 2. The van der Waals surface area contributed by atoms with Gasteiger partial charge in [-0.15, -0.1) is 0 Å². The number of nitrogens with zero attached hydrogens (tertiary/aromatic N) is 4. The third-order valence-corrected chi connectivity index (χ3v) is 5.47. The van der Waals surface area contributed by atoms with Gasteiger partial charge in [0.05, 0.1) is 23.2 Å². The van der Waals surface area contributed by atoms with Crippen LogP contribution in [0.1, 0.15) is 38.8 Å². The number of carbonyl (C=O) groups excluding carboxylic acids is 2. The molecule has 2 heterocycles. The van der Waals surface area contributed by atoms with Crippen molar-refractivity contribution in [3.05, 3.63) is 47.1 Å². The highest BCUT2D eigenvalue weighted by Crippen LogP contribution is 2.49. The van der Waals surface area contributed by atoms with Crippen LogP contribution in [-0.2, 0) is 0 Å². The normalized spacial score (nSPS) is 27.2. The van der Waals surface area contributed by atoms with E-state index in [-0.39, 0.29) is 35.5 Å². The molecule has 130 valence electrons. The van der Waals surface area contributed by atoms with Crippen molar-refractivity contribution in [3.63, 3.8) is 0 Å². The summed E-state index contributed by atoms with van der Waals surface area (Å²) in [7, 11) is 0. The molecule has 2 aliphatic carbocycles. The quantitative estimate of drug-likeness (QED) is 0.790. The molecule has 6 heteroatoms. The molecular formula is C19H22N4O2. The molecule has 4 atom stereocenters. The Kier molecular flexibility index (Phi) is 3.52. The summed E-state index contributed by atoms with van der Waals surface area (Å²) in [6.45, 7) is 7.49. The SMILES string of the molecule is Cc1cc(C)n(C(=O)[C@@H]2[C@H](C(=O)n3nc(C)cc3C)[C@H]3C=C[C@H]2C3)n1. The van der Waals surface area contributed by atoms with Gasteiger partial charge in [0, 0.05) is 11.4 Å². The highest BCUT2D eigenvalue weighted by atomic mass is 16.2. The molecule has 1 saturated carbocycles. The molecular weight excluding hydrogens is 316 g/mol. The second-order valence-electron chi connectivity index (χ2n) is 7.35. The minimum Gasteiger partial charge on any atom is -0.272 e. The standard InChI is InChI=1S/C19H22N4O2/c1-10-7-12(3)22(20-10)18(24)16-14-5-6-15(9-14)17(16)19(25)23-13(4)8-11(2)21-23/h5-8,14-17H,9H2,1-4H3/t14-,15-,16-,17+/m0/s1. The number of aryl methyl sites for hydroxylation is 4.